The van der Waals surface area contributed by atoms with Crippen LogP contribution in [0.2, 0.25) is 0 Å². The summed E-state index contributed by atoms with van der Waals surface area (Å²) in [5, 5.41) is 2.69. The summed E-state index contributed by atoms with van der Waals surface area (Å²) in [7, 11) is 0. The maximum absolute atomic E-state index is 12.6. The highest BCUT2D eigenvalue weighted by Gasteiger charge is 2.29. The summed E-state index contributed by atoms with van der Waals surface area (Å²) in [4.78, 5) is 25.5. The van der Waals surface area contributed by atoms with E-state index in [1.165, 1.54) is 6.92 Å². The average Bonchev–Trinajstić information content (AvgIpc) is 2.46. The molecule has 1 heterocycles. The molecule has 2 unspecified atom stereocenters. The summed E-state index contributed by atoms with van der Waals surface area (Å²) >= 11 is 0. The molecule has 6 heteroatoms. The molecule has 3 N–H and O–H groups in total. The van der Waals surface area contributed by atoms with Crippen molar-refractivity contribution in [2.45, 2.75) is 45.2 Å². The first-order chi connectivity index (χ1) is 9.99. The molecule has 2 amide bonds. The molecule has 2 atom stereocenters. The SMILES string of the molecule is CC(=O)Nc1ccc(C(=O)N2CCCCC2C(C)N)cc1.Cl. The zero-order chi connectivity index (χ0) is 15.4. The Labute approximate surface area is 137 Å². The lowest BCUT2D eigenvalue weighted by molar-refractivity contribution is -0.114. The summed E-state index contributed by atoms with van der Waals surface area (Å²) in [6.07, 6.45) is 3.11. The van der Waals surface area contributed by atoms with Crippen LogP contribution < -0.4 is 11.1 Å². The standard InChI is InChI=1S/C16H23N3O2.ClH/c1-11(17)15-5-3-4-10-19(15)16(21)13-6-8-14(9-7-13)18-12(2)20;/h6-9,11,15H,3-5,10,17H2,1-2H3,(H,18,20);1H. The third-order valence-corrected chi connectivity index (χ3v) is 3.87. The maximum Gasteiger partial charge on any atom is 0.254 e. The van der Waals surface area contributed by atoms with Crippen LogP contribution in [0.25, 0.3) is 0 Å². The van der Waals surface area contributed by atoms with E-state index in [0.717, 1.165) is 25.8 Å². The molecule has 1 aliphatic rings. The molecule has 0 bridgehead atoms. The topological polar surface area (TPSA) is 75.4 Å². The summed E-state index contributed by atoms with van der Waals surface area (Å²) in [5.74, 6) is -0.103. The van der Waals surface area contributed by atoms with Gasteiger partial charge in [-0.2, -0.15) is 0 Å². The van der Waals surface area contributed by atoms with Crippen LogP contribution in [0.15, 0.2) is 24.3 Å². The lowest BCUT2D eigenvalue weighted by Crippen LogP contribution is -2.51. The Morgan fingerprint density at radius 2 is 1.91 bits per heavy atom. The summed E-state index contributed by atoms with van der Waals surface area (Å²) in [5.41, 5.74) is 7.34. The number of hydrogen-bond acceptors (Lipinski definition) is 3. The second-order valence-corrected chi connectivity index (χ2v) is 5.68. The molecule has 1 fully saturated rings. The fraction of sp³-hybridized carbons (Fsp3) is 0.500. The van der Waals surface area contributed by atoms with Crippen LogP contribution in [-0.4, -0.2) is 35.3 Å². The number of carbonyl (C=O) groups excluding carboxylic acids is 2. The van der Waals surface area contributed by atoms with Crippen LogP contribution >= 0.6 is 12.4 Å². The molecule has 1 aromatic rings. The summed E-state index contributed by atoms with van der Waals surface area (Å²) < 4.78 is 0. The van der Waals surface area contributed by atoms with E-state index < -0.39 is 0 Å². The van der Waals surface area contributed by atoms with Crippen LogP contribution in [0.5, 0.6) is 0 Å². The molecule has 1 aliphatic heterocycles. The number of piperidine rings is 1. The zero-order valence-electron chi connectivity index (χ0n) is 13.0. The lowest BCUT2D eigenvalue weighted by Gasteiger charge is -2.38. The number of likely N-dealkylation sites (tertiary alicyclic amines) is 1. The third-order valence-electron chi connectivity index (χ3n) is 3.87. The van der Waals surface area contributed by atoms with Crippen molar-refractivity contribution < 1.29 is 9.59 Å². The van der Waals surface area contributed by atoms with Crippen molar-refractivity contribution >= 4 is 29.9 Å². The molecule has 0 saturated carbocycles. The van der Waals surface area contributed by atoms with Crippen LogP contribution in [0.3, 0.4) is 0 Å². The third kappa shape index (κ3) is 4.45. The molecule has 2 rings (SSSR count). The van der Waals surface area contributed by atoms with Gasteiger partial charge in [0.2, 0.25) is 5.91 Å². The van der Waals surface area contributed by atoms with E-state index in [1.54, 1.807) is 24.3 Å². The van der Waals surface area contributed by atoms with Gasteiger partial charge >= 0.3 is 0 Å². The van der Waals surface area contributed by atoms with Crippen LogP contribution in [0.4, 0.5) is 5.69 Å². The zero-order valence-corrected chi connectivity index (χ0v) is 13.9. The van der Waals surface area contributed by atoms with E-state index in [0.29, 0.717) is 11.3 Å². The second-order valence-electron chi connectivity index (χ2n) is 5.68. The highest BCUT2D eigenvalue weighted by molar-refractivity contribution is 5.95. The van der Waals surface area contributed by atoms with Gasteiger partial charge in [0.1, 0.15) is 0 Å². The van der Waals surface area contributed by atoms with Crippen molar-refractivity contribution in [2.75, 3.05) is 11.9 Å². The number of nitrogens with two attached hydrogens (primary N) is 1. The molecule has 22 heavy (non-hydrogen) atoms. The number of nitrogens with zero attached hydrogens (tertiary/aromatic N) is 1. The van der Waals surface area contributed by atoms with E-state index in [4.69, 9.17) is 5.73 Å². The number of halogens is 1. The van der Waals surface area contributed by atoms with E-state index >= 15 is 0 Å². The lowest BCUT2D eigenvalue weighted by atomic mass is 9.96. The number of nitrogens with one attached hydrogen (secondary N) is 1. The number of rotatable bonds is 3. The van der Waals surface area contributed by atoms with Crippen molar-refractivity contribution in [3.8, 4) is 0 Å². The highest BCUT2D eigenvalue weighted by atomic mass is 35.5. The largest absolute Gasteiger partial charge is 0.334 e. The minimum Gasteiger partial charge on any atom is -0.334 e. The van der Waals surface area contributed by atoms with Gasteiger partial charge in [0.25, 0.3) is 5.91 Å². The van der Waals surface area contributed by atoms with Gasteiger partial charge in [0, 0.05) is 36.8 Å². The molecular formula is C16H24ClN3O2. The average molecular weight is 326 g/mol. The Bertz CT molecular complexity index is 517. The maximum atomic E-state index is 12.6. The second kappa shape index (κ2) is 8.15. The van der Waals surface area contributed by atoms with Crippen LogP contribution in [-0.2, 0) is 4.79 Å². The van der Waals surface area contributed by atoms with Crippen molar-refractivity contribution in [3.05, 3.63) is 29.8 Å². The number of amides is 2. The van der Waals surface area contributed by atoms with E-state index in [2.05, 4.69) is 5.32 Å². The smallest absolute Gasteiger partial charge is 0.254 e. The first-order valence-corrected chi connectivity index (χ1v) is 7.43. The van der Waals surface area contributed by atoms with Gasteiger partial charge in [-0.1, -0.05) is 0 Å². The quantitative estimate of drug-likeness (QED) is 0.896. The predicted octanol–water partition coefficient (Wildman–Crippen LogP) is 2.41. The first kappa shape index (κ1) is 18.5. The van der Waals surface area contributed by atoms with Gasteiger partial charge in [-0.25, -0.2) is 0 Å². The minimum atomic E-state index is -0.123. The van der Waals surface area contributed by atoms with Crippen molar-refractivity contribution in [1.29, 1.82) is 0 Å². The summed E-state index contributed by atoms with van der Waals surface area (Å²) in [6, 6.07) is 7.09. The molecule has 5 nitrogen and oxygen atoms in total. The fourth-order valence-electron chi connectivity index (χ4n) is 2.82. The van der Waals surface area contributed by atoms with E-state index in [1.807, 2.05) is 11.8 Å². The Morgan fingerprint density at radius 1 is 1.27 bits per heavy atom. The van der Waals surface area contributed by atoms with Gasteiger partial charge in [-0.05, 0) is 50.5 Å². The van der Waals surface area contributed by atoms with Gasteiger partial charge in [-0.3, -0.25) is 9.59 Å². The van der Waals surface area contributed by atoms with Gasteiger partial charge in [0.05, 0.1) is 0 Å². The Balaban J connectivity index is 0.00000242. The Kier molecular flexibility index (Phi) is 6.84. The van der Waals surface area contributed by atoms with E-state index in [9.17, 15) is 9.59 Å². The molecule has 1 aromatic carbocycles. The summed E-state index contributed by atoms with van der Waals surface area (Å²) in [6.45, 7) is 4.18. The highest BCUT2D eigenvalue weighted by Crippen LogP contribution is 2.22. The molecule has 0 radical (unpaired) electrons. The molecule has 0 aliphatic carbocycles. The molecule has 0 spiro atoms. The number of benzene rings is 1. The number of anilines is 1. The first-order valence-electron chi connectivity index (χ1n) is 7.43. The van der Waals surface area contributed by atoms with E-state index in [-0.39, 0.29) is 36.3 Å². The molecule has 0 aromatic heterocycles. The monoisotopic (exact) mass is 325 g/mol. The number of carbonyl (C=O) groups is 2. The van der Waals surface area contributed by atoms with Gasteiger partial charge < -0.3 is 16.0 Å². The normalized spacial score (nSPS) is 19.0. The van der Waals surface area contributed by atoms with Gasteiger partial charge in [0.15, 0.2) is 0 Å². The fourth-order valence-corrected chi connectivity index (χ4v) is 2.82. The van der Waals surface area contributed by atoms with Crippen LogP contribution in [0.1, 0.15) is 43.5 Å². The predicted molar refractivity (Wildman–Crippen MR) is 90.3 cm³/mol. The Morgan fingerprint density at radius 3 is 2.45 bits per heavy atom. The van der Waals surface area contributed by atoms with Crippen molar-refractivity contribution in [1.82, 2.24) is 4.90 Å². The van der Waals surface area contributed by atoms with Gasteiger partial charge in [-0.15, -0.1) is 12.4 Å². The molecule has 1 saturated heterocycles. The van der Waals surface area contributed by atoms with Crippen molar-refractivity contribution in [3.63, 3.8) is 0 Å². The molecular weight excluding hydrogens is 302 g/mol. The van der Waals surface area contributed by atoms with Crippen LogP contribution in [0, 0.1) is 0 Å². The number of hydrogen-bond donors (Lipinski definition) is 2. The Hall–Kier alpha value is -1.59. The minimum absolute atomic E-state index is 0. The van der Waals surface area contributed by atoms with Crippen molar-refractivity contribution in [2.24, 2.45) is 5.73 Å². The molecule has 122 valence electrons.